The average Bonchev–Trinajstić information content (AvgIpc) is 3.24. The van der Waals surface area contributed by atoms with Crippen molar-refractivity contribution in [2.75, 3.05) is 13.1 Å². The minimum atomic E-state index is -0.443. The normalized spacial score (nSPS) is 15.9. The molecule has 4 rings (SSSR count). The Morgan fingerprint density at radius 3 is 2.73 bits per heavy atom. The summed E-state index contributed by atoms with van der Waals surface area (Å²) in [7, 11) is 0. The van der Waals surface area contributed by atoms with E-state index in [0.717, 1.165) is 48.3 Å². The van der Waals surface area contributed by atoms with Crippen molar-refractivity contribution in [1.82, 2.24) is 20.1 Å². The number of nitrogens with zero attached hydrogens (tertiary/aromatic N) is 3. The van der Waals surface area contributed by atoms with Crippen molar-refractivity contribution in [3.63, 3.8) is 0 Å². The van der Waals surface area contributed by atoms with E-state index in [2.05, 4.69) is 26.3 Å². The van der Waals surface area contributed by atoms with Crippen molar-refractivity contribution >= 4 is 11.6 Å². The number of pyridine rings is 1. The largest absolute Gasteiger partial charge is 0.484 e. The summed E-state index contributed by atoms with van der Waals surface area (Å²) in [6, 6.07) is 5.48. The maximum Gasteiger partial charge on any atom is 0.142 e. The van der Waals surface area contributed by atoms with Gasteiger partial charge in [-0.05, 0) is 64.4 Å². The number of nitrogens with one attached hydrogen (secondary N) is 1. The van der Waals surface area contributed by atoms with Crippen LogP contribution in [-0.4, -0.2) is 27.9 Å². The van der Waals surface area contributed by atoms with Crippen molar-refractivity contribution < 1.29 is 9.13 Å². The van der Waals surface area contributed by atoms with E-state index in [1.165, 1.54) is 6.07 Å². The molecule has 5 nitrogen and oxygen atoms in total. The second kappa shape index (κ2) is 8.74. The molecule has 0 aliphatic carbocycles. The first-order valence-corrected chi connectivity index (χ1v) is 10.6. The van der Waals surface area contributed by atoms with Gasteiger partial charge in [0, 0.05) is 29.1 Å². The Morgan fingerprint density at radius 1 is 1.20 bits per heavy atom. The number of ether oxygens (including phenoxy) is 1. The summed E-state index contributed by atoms with van der Waals surface area (Å²) in [5.41, 5.74) is 4.24. The quantitative estimate of drug-likeness (QED) is 0.589. The molecular formula is C23H26ClFN4O. The number of benzene rings is 1. The molecule has 1 N–H and O–H groups in total. The molecule has 1 aliphatic heterocycles. The lowest BCUT2D eigenvalue weighted by Crippen LogP contribution is -2.29. The molecule has 1 aliphatic rings. The summed E-state index contributed by atoms with van der Waals surface area (Å²) < 4.78 is 22.2. The summed E-state index contributed by atoms with van der Waals surface area (Å²) >= 11 is 6.22. The van der Waals surface area contributed by atoms with E-state index in [0.29, 0.717) is 17.4 Å². The lowest BCUT2D eigenvalue weighted by molar-refractivity contribution is 0.223. The van der Waals surface area contributed by atoms with Crippen LogP contribution in [0.2, 0.25) is 5.02 Å². The Hall–Kier alpha value is -2.44. The number of piperidine rings is 1. The van der Waals surface area contributed by atoms with Crippen LogP contribution in [0.1, 0.15) is 48.7 Å². The van der Waals surface area contributed by atoms with Gasteiger partial charge >= 0.3 is 0 Å². The zero-order valence-corrected chi connectivity index (χ0v) is 18.2. The molecule has 30 heavy (non-hydrogen) atoms. The molecule has 1 atom stereocenters. The molecule has 1 unspecified atom stereocenters. The Balaban J connectivity index is 1.58. The van der Waals surface area contributed by atoms with Gasteiger partial charge in [-0.25, -0.2) is 4.39 Å². The highest BCUT2D eigenvalue weighted by molar-refractivity contribution is 6.31. The van der Waals surface area contributed by atoms with Crippen molar-refractivity contribution in [2.24, 2.45) is 0 Å². The van der Waals surface area contributed by atoms with Crippen LogP contribution < -0.4 is 10.1 Å². The van der Waals surface area contributed by atoms with Crippen molar-refractivity contribution in [2.45, 2.75) is 45.8 Å². The van der Waals surface area contributed by atoms with Gasteiger partial charge < -0.3 is 10.1 Å². The SMILES string of the molecule is Cc1ccc(F)c(Cl)c1C(C)Oc1cc(-c2cnn(C3CCNCC3)c2)cnc1C. The number of hydrogen-bond acceptors (Lipinski definition) is 4. The van der Waals surface area contributed by atoms with Gasteiger partial charge in [0.05, 0.1) is 23.0 Å². The molecule has 1 saturated heterocycles. The molecule has 0 bridgehead atoms. The first kappa shape index (κ1) is 20.8. The minimum Gasteiger partial charge on any atom is -0.484 e. The number of aromatic nitrogens is 3. The second-order valence-electron chi connectivity index (χ2n) is 7.85. The number of halogens is 2. The number of aryl methyl sites for hydroxylation is 2. The van der Waals surface area contributed by atoms with Crippen LogP contribution in [0.3, 0.4) is 0 Å². The van der Waals surface area contributed by atoms with Gasteiger partial charge in [0.2, 0.25) is 0 Å². The van der Waals surface area contributed by atoms with E-state index in [4.69, 9.17) is 16.3 Å². The zero-order chi connectivity index (χ0) is 21.3. The number of hydrogen-bond donors (Lipinski definition) is 1. The van der Waals surface area contributed by atoms with Crippen molar-refractivity contribution in [3.05, 3.63) is 64.5 Å². The lowest BCUT2D eigenvalue weighted by atomic mass is 10.0. The lowest BCUT2D eigenvalue weighted by Gasteiger charge is -2.22. The van der Waals surface area contributed by atoms with E-state index in [9.17, 15) is 4.39 Å². The maximum atomic E-state index is 14.0. The molecule has 3 aromatic rings. The Kier molecular flexibility index (Phi) is 6.06. The van der Waals surface area contributed by atoms with Crippen LogP contribution in [0.5, 0.6) is 5.75 Å². The highest BCUT2D eigenvalue weighted by atomic mass is 35.5. The molecule has 0 radical (unpaired) electrons. The van der Waals surface area contributed by atoms with Gasteiger partial charge in [-0.1, -0.05) is 17.7 Å². The number of rotatable bonds is 5. The Bertz CT molecular complexity index is 1050. The highest BCUT2D eigenvalue weighted by Crippen LogP contribution is 2.34. The minimum absolute atomic E-state index is 0.104. The van der Waals surface area contributed by atoms with E-state index >= 15 is 0 Å². The zero-order valence-electron chi connectivity index (χ0n) is 17.5. The highest BCUT2D eigenvalue weighted by Gasteiger charge is 2.20. The molecule has 7 heteroatoms. The topological polar surface area (TPSA) is 52.0 Å². The van der Waals surface area contributed by atoms with Crippen LogP contribution >= 0.6 is 11.6 Å². The van der Waals surface area contributed by atoms with Crippen LogP contribution in [-0.2, 0) is 0 Å². The third-order valence-corrected chi connectivity index (χ3v) is 6.10. The van der Waals surface area contributed by atoms with Crippen molar-refractivity contribution in [3.8, 4) is 16.9 Å². The van der Waals surface area contributed by atoms with Crippen LogP contribution in [0.4, 0.5) is 4.39 Å². The Morgan fingerprint density at radius 2 is 1.97 bits per heavy atom. The van der Waals surface area contributed by atoms with Gasteiger partial charge in [0.1, 0.15) is 17.7 Å². The first-order valence-electron chi connectivity index (χ1n) is 10.3. The third-order valence-electron chi connectivity index (χ3n) is 5.72. The first-order chi connectivity index (χ1) is 14.4. The molecule has 0 amide bonds. The maximum absolute atomic E-state index is 14.0. The molecule has 0 spiro atoms. The fraction of sp³-hybridized carbons (Fsp3) is 0.391. The predicted octanol–water partition coefficient (Wildman–Crippen LogP) is 5.42. The van der Waals surface area contributed by atoms with Crippen molar-refractivity contribution in [1.29, 1.82) is 0 Å². The van der Waals surface area contributed by atoms with Crippen LogP contribution in [0.25, 0.3) is 11.1 Å². The predicted molar refractivity (Wildman–Crippen MR) is 117 cm³/mol. The molecular weight excluding hydrogens is 403 g/mol. The Labute approximate surface area is 181 Å². The summed E-state index contributed by atoms with van der Waals surface area (Å²) in [6.07, 6.45) is 7.51. The molecule has 2 aromatic heterocycles. The van der Waals surface area contributed by atoms with Gasteiger partial charge in [-0.3, -0.25) is 9.67 Å². The molecule has 1 fully saturated rings. The van der Waals surface area contributed by atoms with E-state index in [-0.39, 0.29) is 5.02 Å². The fourth-order valence-corrected chi connectivity index (χ4v) is 4.33. The fourth-order valence-electron chi connectivity index (χ4n) is 3.96. The molecule has 158 valence electrons. The van der Waals surface area contributed by atoms with Crippen LogP contribution in [0.15, 0.2) is 36.8 Å². The van der Waals surface area contributed by atoms with Gasteiger partial charge in [0.25, 0.3) is 0 Å². The van der Waals surface area contributed by atoms with Gasteiger partial charge in [0.15, 0.2) is 0 Å². The van der Waals surface area contributed by atoms with E-state index < -0.39 is 11.9 Å². The standard InChI is InChI=1S/C23H26ClFN4O/c1-14-4-5-20(25)23(24)22(14)16(3)30-21-10-17(11-27-15(21)2)18-12-28-29(13-18)19-6-8-26-9-7-19/h4-5,10-13,16,19,26H,6-9H2,1-3H3. The van der Waals surface area contributed by atoms with Crippen LogP contribution in [0, 0.1) is 19.7 Å². The molecule has 3 heterocycles. The summed E-state index contributed by atoms with van der Waals surface area (Å²) in [4.78, 5) is 4.51. The summed E-state index contributed by atoms with van der Waals surface area (Å²) in [5, 5.41) is 8.05. The smallest absolute Gasteiger partial charge is 0.142 e. The van der Waals surface area contributed by atoms with Gasteiger partial charge in [-0.2, -0.15) is 5.10 Å². The van der Waals surface area contributed by atoms with Gasteiger partial charge in [-0.15, -0.1) is 0 Å². The average molecular weight is 429 g/mol. The monoisotopic (exact) mass is 428 g/mol. The summed E-state index contributed by atoms with van der Waals surface area (Å²) in [5.74, 6) is 0.205. The third kappa shape index (κ3) is 4.20. The van der Waals surface area contributed by atoms with E-state index in [1.807, 2.05) is 39.2 Å². The van der Waals surface area contributed by atoms with E-state index in [1.54, 1.807) is 6.07 Å². The summed E-state index contributed by atoms with van der Waals surface area (Å²) in [6.45, 7) is 7.70. The second-order valence-corrected chi connectivity index (χ2v) is 8.23. The molecule has 1 aromatic carbocycles. The molecule has 0 saturated carbocycles.